The second kappa shape index (κ2) is 5.00. The van der Waals surface area contributed by atoms with E-state index in [0.717, 1.165) is 18.2 Å². The lowest BCUT2D eigenvalue weighted by Crippen LogP contribution is -2.26. The molecule has 0 bridgehead atoms. The van der Waals surface area contributed by atoms with Crippen LogP contribution in [0.2, 0.25) is 0 Å². The van der Waals surface area contributed by atoms with Crippen LogP contribution in [0.4, 0.5) is 5.69 Å². The van der Waals surface area contributed by atoms with Gasteiger partial charge in [-0.15, -0.1) is 0 Å². The van der Waals surface area contributed by atoms with Crippen molar-refractivity contribution in [3.8, 4) is 6.07 Å². The molecule has 1 fully saturated rings. The van der Waals surface area contributed by atoms with Crippen LogP contribution >= 0.6 is 0 Å². The number of hydrogen-bond acceptors (Lipinski definition) is 4. The lowest BCUT2D eigenvalue weighted by molar-refractivity contribution is 0.506. The van der Waals surface area contributed by atoms with Gasteiger partial charge in [0, 0.05) is 12.6 Å². The zero-order valence-corrected chi connectivity index (χ0v) is 9.89. The minimum atomic E-state index is -0.472. The highest BCUT2D eigenvalue weighted by molar-refractivity contribution is 5.39. The van der Waals surface area contributed by atoms with Gasteiger partial charge < -0.3 is 5.32 Å². The first kappa shape index (κ1) is 11.6. The molecule has 0 amide bonds. The molecule has 5 nitrogen and oxygen atoms in total. The fraction of sp³-hybridized carbons (Fsp3) is 0.583. The van der Waals surface area contributed by atoms with Crippen LogP contribution in [0.5, 0.6) is 0 Å². The summed E-state index contributed by atoms with van der Waals surface area (Å²) in [5, 5.41) is 16.1. The minimum absolute atomic E-state index is 0.223. The zero-order chi connectivity index (χ0) is 12.3. The van der Waals surface area contributed by atoms with Gasteiger partial charge in [-0.3, -0.25) is 4.79 Å². The highest BCUT2D eigenvalue weighted by atomic mass is 16.1. The second-order valence-electron chi connectivity index (χ2n) is 4.40. The van der Waals surface area contributed by atoms with Gasteiger partial charge in [-0.05, 0) is 25.2 Å². The Balaban J connectivity index is 2.10. The van der Waals surface area contributed by atoms with Gasteiger partial charge >= 0.3 is 0 Å². The van der Waals surface area contributed by atoms with Gasteiger partial charge in [-0.1, -0.05) is 6.92 Å². The summed E-state index contributed by atoms with van der Waals surface area (Å²) in [6, 6.07) is 3.11. The molecule has 1 aromatic heterocycles. The Morgan fingerprint density at radius 3 is 3.00 bits per heavy atom. The molecule has 1 unspecified atom stereocenters. The van der Waals surface area contributed by atoms with E-state index >= 15 is 0 Å². The Morgan fingerprint density at radius 2 is 2.47 bits per heavy atom. The van der Waals surface area contributed by atoms with Crippen LogP contribution in [0.15, 0.2) is 17.1 Å². The number of nitrogens with one attached hydrogen (secondary N) is 1. The molecule has 1 atom stereocenters. The molecule has 1 aliphatic carbocycles. The van der Waals surface area contributed by atoms with E-state index in [1.807, 2.05) is 6.92 Å². The van der Waals surface area contributed by atoms with E-state index in [0.29, 0.717) is 6.42 Å². The highest BCUT2D eigenvalue weighted by Gasteiger charge is 2.20. The van der Waals surface area contributed by atoms with Gasteiger partial charge in [0.2, 0.25) is 0 Å². The molecule has 2 rings (SSSR count). The monoisotopic (exact) mass is 232 g/mol. The molecule has 17 heavy (non-hydrogen) atoms. The summed E-state index contributed by atoms with van der Waals surface area (Å²) in [6.07, 6.45) is 4.73. The van der Waals surface area contributed by atoms with E-state index in [1.54, 1.807) is 6.20 Å². The molecular weight excluding hydrogens is 216 g/mol. The van der Waals surface area contributed by atoms with Crippen molar-refractivity contribution in [2.24, 2.45) is 5.92 Å². The maximum atomic E-state index is 11.8. The molecule has 1 saturated carbocycles. The quantitative estimate of drug-likeness (QED) is 0.836. The third-order valence-electron chi connectivity index (χ3n) is 2.95. The van der Waals surface area contributed by atoms with Crippen molar-refractivity contribution in [3.63, 3.8) is 0 Å². The summed E-state index contributed by atoms with van der Waals surface area (Å²) < 4.78 is 1.24. The highest BCUT2D eigenvalue weighted by Crippen LogP contribution is 2.28. The largest absolute Gasteiger partial charge is 0.383 e. The molecule has 5 heteroatoms. The molecule has 0 saturated heterocycles. The summed E-state index contributed by atoms with van der Waals surface area (Å²) in [5.74, 6) is 0.750. The first-order valence-electron chi connectivity index (χ1n) is 5.97. The normalized spacial score (nSPS) is 16.2. The molecule has 0 spiro atoms. The topological polar surface area (TPSA) is 70.7 Å². The summed E-state index contributed by atoms with van der Waals surface area (Å²) in [4.78, 5) is 11.8. The van der Waals surface area contributed by atoms with Crippen LogP contribution < -0.4 is 10.9 Å². The summed E-state index contributed by atoms with van der Waals surface area (Å²) in [6.45, 7) is 2.77. The number of nitrogens with zero attached hydrogens (tertiary/aromatic N) is 3. The number of rotatable bonds is 5. The molecule has 0 aliphatic heterocycles. The summed E-state index contributed by atoms with van der Waals surface area (Å²) in [7, 11) is 0. The number of aromatic nitrogens is 2. The van der Waals surface area contributed by atoms with Gasteiger partial charge in [-0.2, -0.15) is 10.4 Å². The minimum Gasteiger partial charge on any atom is -0.383 e. The molecule has 1 heterocycles. The third kappa shape index (κ3) is 2.84. The fourth-order valence-electron chi connectivity index (χ4n) is 1.65. The molecular formula is C12H16N4O. The van der Waals surface area contributed by atoms with E-state index in [-0.39, 0.29) is 5.56 Å². The Kier molecular flexibility index (Phi) is 3.43. The molecule has 0 aromatic carbocycles. The van der Waals surface area contributed by atoms with Gasteiger partial charge in [0.1, 0.15) is 6.04 Å². The van der Waals surface area contributed by atoms with Crippen molar-refractivity contribution >= 4 is 5.69 Å². The van der Waals surface area contributed by atoms with Crippen LogP contribution in [-0.2, 0) is 0 Å². The maximum absolute atomic E-state index is 11.8. The van der Waals surface area contributed by atoms with E-state index in [2.05, 4.69) is 16.5 Å². The van der Waals surface area contributed by atoms with Crippen molar-refractivity contribution in [3.05, 3.63) is 22.6 Å². The van der Waals surface area contributed by atoms with Crippen LogP contribution in [0.1, 0.15) is 32.2 Å². The van der Waals surface area contributed by atoms with Gasteiger partial charge in [0.05, 0.1) is 18.0 Å². The fourth-order valence-corrected chi connectivity index (χ4v) is 1.65. The van der Waals surface area contributed by atoms with Gasteiger partial charge in [0.15, 0.2) is 0 Å². The van der Waals surface area contributed by atoms with Crippen molar-refractivity contribution < 1.29 is 0 Å². The third-order valence-corrected chi connectivity index (χ3v) is 2.95. The van der Waals surface area contributed by atoms with Crippen molar-refractivity contribution in [2.45, 2.75) is 32.2 Å². The van der Waals surface area contributed by atoms with E-state index in [1.165, 1.54) is 23.6 Å². The zero-order valence-electron chi connectivity index (χ0n) is 9.89. The summed E-state index contributed by atoms with van der Waals surface area (Å²) in [5.41, 5.74) is 0.519. The Morgan fingerprint density at radius 1 is 1.71 bits per heavy atom. The van der Waals surface area contributed by atoms with Gasteiger partial charge in [-0.25, -0.2) is 4.68 Å². The lowest BCUT2D eigenvalue weighted by Gasteiger charge is -2.10. The number of hydrogen-bond donors (Lipinski definition) is 1. The van der Waals surface area contributed by atoms with E-state index in [4.69, 9.17) is 5.26 Å². The summed E-state index contributed by atoms with van der Waals surface area (Å²) >= 11 is 0. The molecule has 0 radical (unpaired) electrons. The Hall–Kier alpha value is -1.83. The first-order valence-corrected chi connectivity index (χ1v) is 5.97. The van der Waals surface area contributed by atoms with Crippen LogP contribution in [0, 0.1) is 17.2 Å². The molecule has 90 valence electrons. The van der Waals surface area contributed by atoms with Crippen molar-refractivity contribution in [1.29, 1.82) is 5.26 Å². The number of nitriles is 1. The average molecular weight is 232 g/mol. The van der Waals surface area contributed by atoms with Crippen molar-refractivity contribution in [1.82, 2.24) is 9.78 Å². The second-order valence-corrected chi connectivity index (χ2v) is 4.40. The van der Waals surface area contributed by atoms with Crippen LogP contribution in [-0.4, -0.2) is 16.3 Å². The van der Waals surface area contributed by atoms with Crippen LogP contribution in [0.25, 0.3) is 0 Å². The standard InChI is InChI=1S/C12H16N4O/c1-2-11(6-13)16-12(17)5-10(8-15-16)14-7-9-3-4-9/h5,8-9,11,14H,2-4,7H2,1H3. The van der Waals surface area contributed by atoms with E-state index < -0.39 is 6.04 Å². The SMILES string of the molecule is CCC(C#N)n1ncc(NCC2CC2)cc1=O. The Bertz CT molecular complexity index is 484. The first-order chi connectivity index (χ1) is 8.24. The molecule has 1 N–H and O–H groups in total. The predicted octanol–water partition coefficient (Wildman–Crippen LogP) is 1.54. The molecule has 1 aliphatic rings. The van der Waals surface area contributed by atoms with Gasteiger partial charge in [0.25, 0.3) is 5.56 Å². The lowest BCUT2D eigenvalue weighted by atomic mass is 10.2. The van der Waals surface area contributed by atoms with Crippen molar-refractivity contribution in [2.75, 3.05) is 11.9 Å². The smallest absolute Gasteiger partial charge is 0.270 e. The number of anilines is 1. The average Bonchev–Trinajstić information content (AvgIpc) is 3.14. The predicted molar refractivity (Wildman–Crippen MR) is 64.7 cm³/mol. The Labute approximate surface area is 100 Å². The maximum Gasteiger partial charge on any atom is 0.270 e. The van der Waals surface area contributed by atoms with E-state index in [9.17, 15) is 4.79 Å². The van der Waals surface area contributed by atoms with Crippen LogP contribution in [0.3, 0.4) is 0 Å². The molecule has 1 aromatic rings.